The van der Waals surface area contributed by atoms with Gasteiger partial charge >= 0.3 is 0 Å². The minimum atomic E-state index is -0.264. The van der Waals surface area contributed by atoms with Crippen molar-refractivity contribution >= 4 is 5.91 Å². The number of carbonyl (C=O) groups is 1. The van der Waals surface area contributed by atoms with Gasteiger partial charge in [-0.3, -0.25) is 4.79 Å². The Hall–Kier alpha value is -0.530. The first kappa shape index (κ1) is 11.9. The molecule has 0 aromatic heterocycles. The molecule has 0 saturated heterocycles. The zero-order valence-corrected chi connectivity index (χ0v) is 11.3. The Kier molecular flexibility index (Phi) is 2.60. The van der Waals surface area contributed by atoms with Crippen molar-refractivity contribution in [3.05, 3.63) is 0 Å². The maximum atomic E-state index is 12.0. The smallest absolute Gasteiger partial charge is 0.225 e. The molecule has 2 aliphatic carbocycles. The fourth-order valence-electron chi connectivity index (χ4n) is 3.63. The average Bonchev–Trinajstić information content (AvgIpc) is 2.58. The largest absolute Gasteiger partial charge is 0.352 e. The third kappa shape index (κ3) is 1.66. The molecule has 3 atom stereocenters. The van der Waals surface area contributed by atoms with Crippen LogP contribution >= 0.6 is 0 Å². The fraction of sp³-hybridized carbons (Fsp3) is 0.929. The van der Waals surface area contributed by atoms with Crippen LogP contribution in [0.25, 0.3) is 0 Å². The molecule has 0 aromatic rings. The van der Waals surface area contributed by atoms with Crippen LogP contribution in [0.1, 0.15) is 53.9 Å². The second-order valence-corrected chi connectivity index (χ2v) is 7.22. The summed E-state index contributed by atoms with van der Waals surface area (Å²) in [5, 5.41) is 3.28. The summed E-state index contributed by atoms with van der Waals surface area (Å²) in [5.74, 6) is 1.80. The van der Waals surface area contributed by atoms with E-state index < -0.39 is 0 Å². The lowest BCUT2D eigenvalue weighted by atomic mass is 9.53. The summed E-state index contributed by atoms with van der Waals surface area (Å²) in [7, 11) is 0. The summed E-state index contributed by atoms with van der Waals surface area (Å²) in [6, 6.07) is 0.409. The van der Waals surface area contributed by atoms with E-state index in [9.17, 15) is 4.79 Å². The number of hydrogen-bond donors (Lipinski definition) is 1. The standard InChI is InChI=1S/C14H25NO/c1-13(2,3)12(16)15-11-9-7-6-8-10(9)14(11,4)5/h9-11H,6-8H2,1-5H3,(H,15,16). The van der Waals surface area contributed by atoms with Crippen LogP contribution < -0.4 is 5.32 Å². The van der Waals surface area contributed by atoms with E-state index in [0.29, 0.717) is 11.5 Å². The maximum absolute atomic E-state index is 12.0. The number of rotatable bonds is 1. The number of nitrogens with one attached hydrogen (secondary N) is 1. The van der Waals surface area contributed by atoms with E-state index in [1.54, 1.807) is 0 Å². The molecular weight excluding hydrogens is 198 g/mol. The van der Waals surface area contributed by atoms with Crippen LogP contribution in [0.2, 0.25) is 0 Å². The van der Waals surface area contributed by atoms with Gasteiger partial charge in [-0.15, -0.1) is 0 Å². The minimum absolute atomic E-state index is 0.205. The highest BCUT2D eigenvalue weighted by Gasteiger charge is 2.58. The van der Waals surface area contributed by atoms with Gasteiger partial charge in [0.1, 0.15) is 0 Å². The van der Waals surface area contributed by atoms with Gasteiger partial charge in [-0.1, -0.05) is 41.0 Å². The second-order valence-electron chi connectivity index (χ2n) is 7.22. The molecule has 2 fully saturated rings. The van der Waals surface area contributed by atoms with Gasteiger partial charge in [0.15, 0.2) is 0 Å². The molecule has 1 N–H and O–H groups in total. The van der Waals surface area contributed by atoms with Gasteiger partial charge in [-0.25, -0.2) is 0 Å². The average molecular weight is 223 g/mol. The van der Waals surface area contributed by atoms with Gasteiger partial charge in [0.25, 0.3) is 0 Å². The summed E-state index contributed by atoms with van der Waals surface area (Å²) < 4.78 is 0. The van der Waals surface area contributed by atoms with E-state index in [4.69, 9.17) is 0 Å². The van der Waals surface area contributed by atoms with Crippen LogP contribution in [0.15, 0.2) is 0 Å². The number of fused-ring (bicyclic) bond motifs is 1. The van der Waals surface area contributed by atoms with Crippen molar-refractivity contribution in [1.82, 2.24) is 5.32 Å². The molecular formula is C14H25NO. The molecule has 0 heterocycles. The Morgan fingerprint density at radius 1 is 1.25 bits per heavy atom. The molecule has 2 saturated carbocycles. The van der Waals surface area contributed by atoms with Crippen molar-refractivity contribution in [2.45, 2.75) is 59.9 Å². The van der Waals surface area contributed by atoms with E-state index in [2.05, 4.69) is 19.2 Å². The quantitative estimate of drug-likeness (QED) is 0.727. The third-order valence-corrected chi connectivity index (χ3v) is 4.72. The molecule has 2 nitrogen and oxygen atoms in total. The van der Waals surface area contributed by atoms with E-state index in [-0.39, 0.29) is 11.3 Å². The molecule has 2 heteroatoms. The van der Waals surface area contributed by atoms with Crippen LogP contribution in [0.3, 0.4) is 0 Å². The molecule has 1 amide bonds. The molecule has 0 aliphatic heterocycles. The Morgan fingerprint density at radius 2 is 1.88 bits per heavy atom. The summed E-state index contributed by atoms with van der Waals surface area (Å²) in [5.41, 5.74) is 0.0435. The summed E-state index contributed by atoms with van der Waals surface area (Å²) in [4.78, 5) is 12.0. The Morgan fingerprint density at radius 3 is 2.44 bits per heavy atom. The van der Waals surface area contributed by atoms with E-state index >= 15 is 0 Å². The lowest BCUT2D eigenvalue weighted by Crippen LogP contribution is -2.64. The topological polar surface area (TPSA) is 29.1 Å². The molecule has 0 bridgehead atoms. The second kappa shape index (κ2) is 3.48. The highest BCUT2D eigenvalue weighted by Crippen LogP contribution is 2.58. The molecule has 92 valence electrons. The Balaban J connectivity index is 2.03. The maximum Gasteiger partial charge on any atom is 0.225 e. The predicted molar refractivity (Wildman–Crippen MR) is 66.0 cm³/mol. The first-order valence-corrected chi connectivity index (χ1v) is 6.55. The Labute approximate surface area is 99.2 Å². The zero-order chi connectivity index (χ0) is 12.1. The lowest BCUT2D eigenvalue weighted by Gasteiger charge is -2.56. The van der Waals surface area contributed by atoms with Crippen LogP contribution in [0.5, 0.6) is 0 Å². The van der Waals surface area contributed by atoms with Crippen LogP contribution in [-0.4, -0.2) is 11.9 Å². The zero-order valence-electron chi connectivity index (χ0n) is 11.3. The van der Waals surface area contributed by atoms with Crippen molar-refractivity contribution in [1.29, 1.82) is 0 Å². The van der Waals surface area contributed by atoms with Gasteiger partial charge in [-0.2, -0.15) is 0 Å². The normalized spacial score (nSPS) is 36.4. The molecule has 0 spiro atoms. The van der Waals surface area contributed by atoms with Crippen LogP contribution in [0.4, 0.5) is 0 Å². The summed E-state index contributed by atoms with van der Waals surface area (Å²) in [6.45, 7) is 10.6. The van der Waals surface area contributed by atoms with Gasteiger partial charge in [0.05, 0.1) is 0 Å². The SMILES string of the molecule is CC(C)(C)C(=O)NC1C2CCCC2C1(C)C. The molecule has 16 heavy (non-hydrogen) atoms. The van der Waals surface area contributed by atoms with Crippen molar-refractivity contribution in [3.63, 3.8) is 0 Å². The fourth-order valence-corrected chi connectivity index (χ4v) is 3.63. The van der Waals surface area contributed by atoms with Gasteiger partial charge < -0.3 is 5.32 Å². The van der Waals surface area contributed by atoms with E-state index in [1.165, 1.54) is 19.3 Å². The minimum Gasteiger partial charge on any atom is -0.352 e. The summed E-state index contributed by atoms with van der Waals surface area (Å²) in [6.07, 6.45) is 4.02. The Bertz CT molecular complexity index is 300. The van der Waals surface area contributed by atoms with E-state index in [1.807, 2.05) is 20.8 Å². The number of hydrogen-bond acceptors (Lipinski definition) is 1. The predicted octanol–water partition coefficient (Wildman–Crippen LogP) is 2.97. The highest BCUT2D eigenvalue weighted by atomic mass is 16.2. The van der Waals surface area contributed by atoms with Crippen LogP contribution in [0, 0.1) is 22.7 Å². The molecule has 0 radical (unpaired) electrons. The van der Waals surface area contributed by atoms with Crippen molar-refractivity contribution in [2.75, 3.05) is 0 Å². The lowest BCUT2D eigenvalue weighted by molar-refractivity contribution is -0.136. The third-order valence-electron chi connectivity index (χ3n) is 4.72. The molecule has 0 aromatic carbocycles. The van der Waals surface area contributed by atoms with Gasteiger partial charge in [-0.05, 0) is 30.1 Å². The molecule has 3 unspecified atom stereocenters. The molecule has 2 rings (SSSR count). The highest BCUT2D eigenvalue weighted by molar-refractivity contribution is 5.81. The van der Waals surface area contributed by atoms with Crippen molar-refractivity contribution in [3.8, 4) is 0 Å². The number of carbonyl (C=O) groups excluding carboxylic acids is 1. The number of amides is 1. The first-order valence-electron chi connectivity index (χ1n) is 6.55. The van der Waals surface area contributed by atoms with Crippen molar-refractivity contribution < 1.29 is 4.79 Å². The van der Waals surface area contributed by atoms with E-state index in [0.717, 1.165) is 11.8 Å². The summed E-state index contributed by atoms with van der Waals surface area (Å²) >= 11 is 0. The monoisotopic (exact) mass is 223 g/mol. The van der Waals surface area contributed by atoms with Crippen LogP contribution in [-0.2, 0) is 4.79 Å². The van der Waals surface area contributed by atoms with Gasteiger partial charge in [0, 0.05) is 11.5 Å². The first-order chi connectivity index (χ1) is 7.24. The molecule has 2 aliphatic rings. The van der Waals surface area contributed by atoms with Gasteiger partial charge in [0.2, 0.25) is 5.91 Å². The van der Waals surface area contributed by atoms with Crippen molar-refractivity contribution in [2.24, 2.45) is 22.7 Å².